The Morgan fingerprint density at radius 1 is 1.03 bits per heavy atom. The molecule has 7 heteroatoms. The first-order chi connectivity index (χ1) is 14.0. The van der Waals surface area contributed by atoms with Crippen LogP contribution < -0.4 is 16.1 Å². The number of nitrogens with zero attached hydrogens (tertiary/aromatic N) is 2. The molecule has 6 nitrogen and oxygen atoms in total. The first-order valence-electron chi connectivity index (χ1n) is 9.15. The number of fused-ring (bicyclic) bond motifs is 1. The lowest BCUT2D eigenvalue weighted by atomic mass is 10.2. The number of aryl methyl sites for hydroxylation is 1. The number of anilines is 1. The molecular formula is C22H19N3O3S. The summed E-state index contributed by atoms with van der Waals surface area (Å²) in [6, 6.07) is 20.6. The largest absolute Gasteiger partial charge is 0.329 e. The van der Waals surface area contributed by atoms with Gasteiger partial charge in [-0.15, -0.1) is 11.3 Å². The minimum atomic E-state index is -0.578. The normalized spacial score (nSPS) is 10.9. The maximum absolute atomic E-state index is 13.2. The van der Waals surface area contributed by atoms with Gasteiger partial charge >= 0.3 is 5.69 Å². The van der Waals surface area contributed by atoms with Gasteiger partial charge in [-0.1, -0.05) is 48.5 Å². The molecule has 2 aromatic carbocycles. The second-order valence-electron chi connectivity index (χ2n) is 6.72. The molecule has 0 spiro atoms. The van der Waals surface area contributed by atoms with Gasteiger partial charge in [-0.05, 0) is 30.7 Å². The Morgan fingerprint density at radius 3 is 2.38 bits per heavy atom. The number of carbonyl (C=O) groups is 1. The van der Waals surface area contributed by atoms with Crippen molar-refractivity contribution < 1.29 is 4.79 Å². The molecule has 146 valence electrons. The number of rotatable bonds is 5. The van der Waals surface area contributed by atoms with E-state index in [1.807, 2.05) is 67.6 Å². The number of amides is 1. The monoisotopic (exact) mass is 405 g/mol. The van der Waals surface area contributed by atoms with Crippen molar-refractivity contribution in [2.75, 3.05) is 4.90 Å². The summed E-state index contributed by atoms with van der Waals surface area (Å²) in [5.41, 5.74) is 0.632. The van der Waals surface area contributed by atoms with Gasteiger partial charge in [-0.3, -0.25) is 19.1 Å². The Kier molecular flexibility index (Phi) is 5.14. The first-order valence-corrected chi connectivity index (χ1v) is 9.97. The molecule has 4 aromatic rings. The molecule has 0 aliphatic rings. The number of hydrogen-bond donors (Lipinski definition) is 1. The van der Waals surface area contributed by atoms with Crippen LogP contribution in [0.2, 0.25) is 0 Å². The van der Waals surface area contributed by atoms with Gasteiger partial charge in [-0.25, -0.2) is 4.79 Å². The van der Waals surface area contributed by atoms with Crippen LogP contribution in [0, 0.1) is 6.92 Å². The van der Waals surface area contributed by atoms with E-state index in [0.717, 1.165) is 15.0 Å². The Hall–Kier alpha value is -3.45. The van der Waals surface area contributed by atoms with Crippen molar-refractivity contribution in [3.05, 3.63) is 98.0 Å². The molecule has 1 amide bonds. The SMILES string of the molecule is Cc1cc2c(=O)n(CC(=O)N(Cc3ccccc3)c3ccccc3)c(=O)[nH]c2s1. The third-order valence-corrected chi connectivity index (χ3v) is 5.61. The third kappa shape index (κ3) is 3.90. The van der Waals surface area contributed by atoms with E-state index in [-0.39, 0.29) is 12.5 Å². The van der Waals surface area contributed by atoms with E-state index in [1.165, 1.54) is 11.3 Å². The maximum atomic E-state index is 13.2. The van der Waals surface area contributed by atoms with E-state index < -0.39 is 11.2 Å². The molecule has 0 aliphatic heterocycles. The average molecular weight is 405 g/mol. The molecular weight excluding hydrogens is 386 g/mol. The lowest BCUT2D eigenvalue weighted by molar-refractivity contribution is -0.119. The molecule has 0 radical (unpaired) electrons. The van der Waals surface area contributed by atoms with Crippen LogP contribution in [0.4, 0.5) is 5.69 Å². The summed E-state index contributed by atoms with van der Waals surface area (Å²) in [6.45, 7) is 1.88. The van der Waals surface area contributed by atoms with Gasteiger partial charge in [0.15, 0.2) is 0 Å². The number of H-pyrrole nitrogens is 1. The van der Waals surface area contributed by atoms with Gasteiger partial charge in [0.2, 0.25) is 5.91 Å². The van der Waals surface area contributed by atoms with Crippen LogP contribution in [-0.2, 0) is 17.9 Å². The van der Waals surface area contributed by atoms with Crippen molar-refractivity contribution in [1.29, 1.82) is 0 Å². The summed E-state index contributed by atoms with van der Waals surface area (Å²) in [7, 11) is 0. The highest BCUT2D eigenvalue weighted by Gasteiger charge is 2.19. The smallest absolute Gasteiger partial charge is 0.306 e. The Bertz CT molecular complexity index is 1270. The number of hydrogen-bond acceptors (Lipinski definition) is 4. The Balaban J connectivity index is 1.71. The number of benzene rings is 2. The highest BCUT2D eigenvalue weighted by Crippen LogP contribution is 2.19. The van der Waals surface area contributed by atoms with E-state index in [0.29, 0.717) is 22.4 Å². The molecule has 0 atom stereocenters. The van der Waals surface area contributed by atoms with Crippen molar-refractivity contribution in [2.24, 2.45) is 0 Å². The lowest BCUT2D eigenvalue weighted by Crippen LogP contribution is -2.42. The molecule has 4 rings (SSSR count). The minimum Gasteiger partial charge on any atom is -0.306 e. The number of carbonyl (C=O) groups excluding carboxylic acids is 1. The van der Waals surface area contributed by atoms with E-state index in [1.54, 1.807) is 11.0 Å². The van der Waals surface area contributed by atoms with Gasteiger partial charge in [0, 0.05) is 10.6 Å². The van der Waals surface area contributed by atoms with E-state index >= 15 is 0 Å². The predicted molar refractivity (Wildman–Crippen MR) is 116 cm³/mol. The van der Waals surface area contributed by atoms with Crippen molar-refractivity contribution >= 4 is 33.1 Å². The summed E-state index contributed by atoms with van der Waals surface area (Å²) in [5, 5.41) is 0.425. The fourth-order valence-electron chi connectivity index (χ4n) is 3.23. The second-order valence-corrected chi connectivity index (χ2v) is 7.98. The zero-order valence-corrected chi connectivity index (χ0v) is 16.6. The maximum Gasteiger partial charge on any atom is 0.329 e. The minimum absolute atomic E-state index is 0.333. The molecule has 2 aromatic heterocycles. The molecule has 0 unspecified atom stereocenters. The average Bonchev–Trinajstić information content (AvgIpc) is 3.11. The van der Waals surface area contributed by atoms with Gasteiger partial charge in [0.1, 0.15) is 11.4 Å². The Morgan fingerprint density at radius 2 is 1.69 bits per heavy atom. The first kappa shape index (κ1) is 18.9. The highest BCUT2D eigenvalue weighted by atomic mass is 32.1. The van der Waals surface area contributed by atoms with Crippen molar-refractivity contribution in [1.82, 2.24) is 9.55 Å². The Labute approximate surface area is 170 Å². The second kappa shape index (κ2) is 7.89. The van der Waals surface area contributed by atoms with Gasteiger partial charge < -0.3 is 4.90 Å². The fraction of sp³-hybridized carbons (Fsp3) is 0.136. The quantitative estimate of drug-likeness (QED) is 0.554. The van der Waals surface area contributed by atoms with E-state index in [4.69, 9.17) is 0 Å². The summed E-state index contributed by atoms with van der Waals surface area (Å²) in [6.07, 6.45) is 0. The van der Waals surface area contributed by atoms with Gasteiger partial charge in [0.25, 0.3) is 5.56 Å². The third-order valence-electron chi connectivity index (χ3n) is 4.64. The van der Waals surface area contributed by atoms with Crippen LogP contribution >= 0.6 is 11.3 Å². The number of nitrogens with one attached hydrogen (secondary N) is 1. The van der Waals surface area contributed by atoms with Crippen LogP contribution in [-0.4, -0.2) is 15.5 Å². The number of para-hydroxylation sites is 1. The molecule has 0 aliphatic carbocycles. The molecule has 0 bridgehead atoms. The summed E-state index contributed by atoms with van der Waals surface area (Å²) in [5.74, 6) is -0.334. The number of thiophene rings is 1. The summed E-state index contributed by atoms with van der Waals surface area (Å²) >= 11 is 1.35. The van der Waals surface area contributed by atoms with E-state index in [9.17, 15) is 14.4 Å². The number of aromatic nitrogens is 2. The summed E-state index contributed by atoms with van der Waals surface area (Å²) in [4.78, 5) is 44.2. The van der Waals surface area contributed by atoms with Crippen LogP contribution in [0.5, 0.6) is 0 Å². The molecule has 1 N–H and O–H groups in total. The molecule has 0 saturated carbocycles. The van der Waals surface area contributed by atoms with Crippen molar-refractivity contribution in [3.8, 4) is 0 Å². The van der Waals surface area contributed by atoms with Crippen LogP contribution in [0.15, 0.2) is 76.3 Å². The van der Waals surface area contributed by atoms with E-state index in [2.05, 4.69) is 4.98 Å². The van der Waals surface area contributed by atoms with Crippen molar-refractivity contribution in [3.63, 3.8) is 0 Å². The predicted octanol–water partition coefficient (Wildman–Crippen LogP) is 3.29. The molecule has 0 saturated heterocycles. The van der Waals surface area contributed by atoms with Gasteiger partial charge in [-0.2, -0.15) is 0 Å². The highest BCUT2D eigenvalue weighted by molar-refractivity contribution is 7.18. The van der Waals surface area contributed by atoms with Crippen LogP contribution in [0.1, 0.15) is 10.4 Å². The van der Waals surface area contributed by atoms with Crippen LogP contribution in [0.3, 0.4) is 0 Å². The van der Waals surface area contributed by atoms with Crippen LogP contribution in [0.25, 0.3) is 10.2 Å². The molecule has 0 fully saturated rings. The topological polar surface area (TPSA) is 75.2 Å². The zero-order valence-electron chi connectivity index (χ0n) is 15.8. The number of aromatic amines is 1. The molecule has 29 heavy (non-hydrogen) atoms. The lowest BCUT2D eigenvalue weighted by Gasteiger charge is -2.23. The standard InChI is InChI=1S/C22H19N3O3S/c1-15-12-18-20(29-15)23-22(28)25(21(18)27)14-19(26)24(17-10-6-3-7-11-17)13-16-8-4-2-5-9-16/h2-12H,13-14H2,1H3,(H,23,28). The van der Waals surface area contributed by atoms with Crippen molar-refractivity contribution in [2.45, 2.75) is 20.0 Å². The zero-order chi connectivity index (χ0) is 20.4. The molecule has 2 heterocycles. The fourth-order valence-corrected chi connectivity index (χ4v) is 4.12. The van der Waals surface area contributed by atoms with Gasteiger partial charge in [0.05, 0.1) is 11.9 Å². The summed E-state index contributed by atoms with van der Waals surface area (Å²) < 4.78 is 0.970.